The monoisotopic (exact) mass is 236 g/mol. The molecule has 0 saturated heterocycles. The maximum atomic E-state index is 11.4. The maximum Gasteiger partial charge on any atom is 0.315 e. The Balaban J connectivity index is 2.27. The Morgan fingerprint density at radius 2 is 1.88 bits per heavy atom. The Morgan fingerprint density at radius 1 is 1.24 bits per heavy atom. The van der Waals surface area contributed by atoms with Gasteiger partial charge in [0.2, 0.25) is 0 Å². The normalized spacial score (nSPS) is 13.0. The van der Waals surface area contributed by atoms with Crippen molar-refractivity contribution in [2.45, 2.75) is 0 Å². The molecule has 90 valence electrons. The van der Waals surface area contributed by atoms with E-state index in [0.717, 1.165) is 0 Å². The molecule has 6 nitrogen and oxygen atoms in total. The molecule has 17 heavy (non-hydrogen) atoms. The fourth-order valence-electron chi connectivity index (χ4n) is 1.52. The fourth-order valence-corrected chi connectivity index (χ4v) is 1.52. The van der Waals surface area contributed by atoms with Crippen LogP contribution in [-0.2, 0) is 9.59 Å². The molecule has 0 fully saturated rings. The molecule has 0 atom stereocenters. The minimum atomic E-state index is -0.998. The van der Waals surface area contributed by atoms with Gasteiger partial charge in [-0.05, 0) is 12.1 Å². The van der Waals surface area contributed by atoms with Gasteiger partial charge in [-0.1, -0.05) is 0 Å². The molecule has 1 aromatic rings. The van der Waals surface area contributed by atoms with E-state index in [9.17, 15) is 9.59 Å². The number of carbonyl (C=O) groups is 2. The Bertz CT molecular complexity index is 473. The van der Waals surface area contributed by atoms with Crippen LogP contribution in [-0.4, -0.2) is 32.1 Å². The average Bonchev–Trinajstić information content (AvgIpc) is 2.36. The molecule has 0 aromatic heterocycles. The first-order chi connectivity index (χ1) is 8.09. The maximum absolute atomic E-state index is 11.4. The molecule has 0 unspecified atom stereocenters. The van der Waals surface area contributed by atoms with E-state index in [-0.39, 0.29) is 0 Å². The van der Waals surface area contributed by atoms with Crippen molar-refractivity contribution in [3.8, 4) is 11.5 Å². The first-order valence-electron chi connectivity index (χ1n) is 5.06. The topological polar surface area (TPSA) is 81.9 Å². The summed E-state index contributed by atoms with van der Waals surface area (Å²) in [5, 5.41) is 0. The van der Waals surface area contributed by atoms with Gasteiger partial charge in [0.1, 0.15) is 13.2 Å². The molecule has 0 spiro atoms. The Labute approximate surface area is 97.9 Å². The summed E-state index contributed by atoms with van der Waals surface area (Å²) in [7, 11) is 1.47. The van der Waals surface area contributed by atoms with Crippen LogP contribution in [0.4, 0.5) is 5.69 Å². The van der Waals surface area contributed by atoms with E-state index < -0.39 is 11.8 Å². The fraction of sp³-hybridized carbons (Fsp3) is 0.273. The molecule has 0 saturated carbocycles. The minimum absolute atomic E-state index is 0.462. The standard InChI is InChI=1S/C11H12N2O4/c1-13(11(15)10(12)14)7-2-3-8-9(6-7)17-5-4-16-8/h2-3,6H,4-5H2,1H3,(H2,12,14). The predicted molar refractivity (Wildman–Crippen MR) is 60.0 cm³/mol. The number of primary amides is 1. The predicted octanol–water partition coefficient (Wildman–Crippen LogP) is -0.0941. The summed E-state index contributed by atoms with van der Waals surface area (Å²) in [6.07, 6.45) is 0. The number of ether oxygens (including phenoxy) is 2. The summed E-state index contributed by atoms with van der Waals surface area (Å²) in [5.41, 5.74) is 5.45. The summed E-state index contributed by atoms with van der Waals surface area (Å²) < 4.78 is 10.7. The van der Waals surface area contributed by atoms with Gasteiger partial charge in [-0.2, -0.15) is 0 Å². The molecule has 1 aliphatic heterocycles. The lowest BCUT2D eigenvalue weighted by atomic mass is 10.2. The van der Waals surface area contributed by atoms with Gasteiger partial charge in [0.25, 0.3) is 0 Å². The quantitative estimate of drug-likeness (QED) is 0.691. The van der Waals surface area contributed by atoms with Crippen molar-refractivity contribution in [2.24, 2.45) is 5.73 Å². The Hall–Kier alpha value is -2.24. The Morgan fingerprint density at radius 3 is 2.53 bits per heavy atom. The van der Waals surface area contributed by atoms with Gasteiger partial charge >= 0.3 is 11.8 Å². The van der Waals surface area contributed by atoms with Crippen molar-refractivity contribution >= 4 is 17.5 Å². The van der Waals surface area contributed by atoms with Gasteiger partial charge in [0, 0.05) is 18.8 Å². The number of hydrogen-bond donors (Lipinski definition) is 1. The number of rotatable bonds is 1. The van der Waals surface area contributed by atoms with Gasteiger partial charge in [-0.3, -0.25) is 9.59 Å². The second-order valence-corrected chi connectivity index (χ2v) is 3.56. The number of benzene rings is 1. The lowest BCUT2D eigenvalue weighted by molar-refractivity contribution is -0.135. The van der Waals surface area contributed by atoms with Crippen molar-refractivity contribution in [2.75, 3.05) is 25.2 Å². The average molecular weight is 236 g/mol. The number of anilines is 1. The van der Waals surface area contributed by atoms with E-state index in [1.807, 2.05) is 0 Å². The molecule has 1 heterocycles. The second-order valence-electron chi connectivity index (χ2n) is 3.56. The van der Waals surface area contributed by atoms with Crippen LogP contribution in [0.3, 0.4) is 0 Å². The number of nitrogens with two attached hydrogens (primary N) is 1. The summed E-state index contributed by atoms with van der Waals surface area (Å²) in [6.45, 7) is 0.965. The summed E-state index contributed by atoms with van der Waals surface area (Å²) in [5.74, 6) is -0.595. The summed E-state index contributed by atoms with van der Waals surface area (Å²) in [4.78, 5) is 23.3. The molecule has 1 aliphatic rings. The van der Waals surface area contributed by atoms with Crippen molar-refractivity contribution < 1.29 is 19.1 Å². The zero-order valence-electron chi connectivity index (χ0n) is 9.30. The lowest BCUT2D eigenvalue weighted by Gasteiger charge is -2.21. The molecular formula is C11H12N2O4. The molecule has 0 bridgehead atoms. The van der Waals surface area contributed by atoms with Crippen molar-refractivity contribution in [1.29, 1.82) is 0 Å². The van der Waals surface area contributed by atoms with E-state index in [1.54, 1.807) is 18.2 Å². The number of carbonyl (C=O) groups excluding carboxylic acids is 2. The van der Waals surface area contributed by atoms with Gasteiger partial charge in [-0.15, -0.1) is 0 Å². The zero-order chi connectivity index (χ0) is 12.4. The first-order valence-corrected chi connectivity index (χ1v) is 5.06. The van der Waals surface area contributed by atoms with Gasteiger partial charge in [0.05, 0.1) is 0 Å². The van der Waals surface area contributed by atoms with E-state index in [0.29, 0.717) is 30.4 Å². The number of hydrogen-bond acceptors (Lipinski definition) is 4. The highest BCUT2D eigenvalue weighted by molar-refractivity contribution is 6.39. The van der Waals surface area contributed by atoms with E-state index in [4.69, 9.17) is 15.2 Å². The van der Waals surface area contributed by atoms with Gasteiger partial charge in [-0.25, -0.2) is 0 Å². The number of fused-ring (bicyclic) bond motifs is 1. The third-order valence-corrected chi connectivity index (χ3v) is 2.43. The van der Waals surface area contributed by atoms with Gasteiger partial charge in [0.15, 0.2) is 11.5 Å². The third kappa shape index (κ3) is 2.15. The minimum Gasteiger partial charge on any atom is -0.486 e. The molecule has 2 amide bonds. The molecule has 1 aromatic carbocycles. The molecule has 2 N–H and O–H groups in total. The highest BCUT2D eigenvalue weighted by Crippen LogP contribution is 2.33. The number of nitrogens with zero attached hydrogens (tertiary/aromatic N) is 1. The van der Waals surface area contributed by atoms with Crippen LogP contribution in [0.25, 0.3) is 0 Å². The van der Waals surface area contributed by atoms with Crippen molar-refractivity contribution in [3.05, 3.63) is 18.2 Å². The van der Waals surface area contributed by atoms with Crippen LogP contribution >= 0.6 is 0 Å². The zero-order valence-corrected chi connectivity index (χ0v) is 9.30. The molecule has 0 radical (unpaired) electrons. The highest BCUT2D eigenvalue weighted by Gasteiger charge is 2.19. The highest BCUT2D eigenvalue weighted by atomic mass is 16.6. The van der Waals surface area contributed by atoms with Crippen LogP contribution in [0.2, 0.25) is 0 Å². The molecule has 2 rings (SSSR count). The molecular weight excluding hydrogens is 224 g/mol. The largest absolute Gasteiger partial charge is 0.486 e. The number of amides is 2. The van der Waals surface area contributed by atoms with Crippen LogP contribution in [0.1, 0.15) is 0 Å². The van der Waals surface area contributed by atoms with E-state index in [1.165, 1.54) is 11.9 Å². The third-order valence-electron chi connectivity index (χ3n) is 2.43. The van der Waals surface area contributed by atoms with Crippen LogP contribution in [0.5, 0.6) is 11.5 Å². The molecule has 0 aliphatic carbocycles. The lowest BCUT2D eigenvalue weighted by Crippen LogP contribution is -2.37. The van der Waals surface area contributed by atoms with Gasteiger partial charge < -0.3 is 20.1 Å². The van der Waals surface area contributed by atoms with Crippen LogP contribution in [0.15, 0.2) is 18.2 Å². The SMILES string of the molecule is CN(C(=O)C(N)=O)c1ccc2c(c1)OCCO2. The number of likely N-dealkylation sites (N-methyl/N-ethyl adjacent to an activating group) is 1. The first kappa shape index (κ1) is 11.3. The second kappa shape index (κ2) is 4.32. The van der Waals surface area contributed by atoms with Crippen molar-refractivity contribution in [1.82, 2.24) is 0 Å². The smallest absolute Gasteiger partial charge is 0.315 e. The Kier molecular flexibility index (Phi) is 2.86. The molecule has 6 heteroatoms. The summed E-state index contributed by atoms with van der Waals surface area (Å²) in [6, 6.07) is 4.98. The van der Waals surface area contributed by atoms with Crippen molar-refractivity contribution in [3.63, 3.8) is 0 Å². The van der Waals surface area contributed by atoms with Crippen LogP contribution < -0.4 is 20.1 Å². The van der Waals surface area contributed by atoms with Crippen LogP contribution in [0, 0.1) is 0 Å². The van der Waals surface area contributed by atoms with E-state index in [2.05, 4.69) is 0 Å². The summed E-state index contributed by atoms with van der Waals surface area (Å²) >= 11 is 0. The van der Waals surface area contributed by atoms with E-state index >= 15 is 0 Å².